The average molecular weight is 408 g/mol. The Balaban J connectivity index is 1.91. The van der Waals surface area contributed by atoms with Crippen LogP contribution in [0, 0.1) is 0 Å². The van der Waals surface area contributed by atoms with E-state index in [1.807, 2.05) is 0 Å². The van der Waals surface area contributed by atoms with Crippen molar-refractivity contribution in [3.63, 3.8) is 0 Å². The molecule has 0 aliphatic carbocycles. The van der Waals surface area contributed by atoms with Gasteiger partial charge in [-0.3, -0.25) is 4.98 Å². The number of likely N-dealkylation sites (tertiary alicyclic amines) is 1. The van der Waals surface area contributed by atoms with Gasteiger partial charge >= 0.3 is 12.3 Å². The molecule has 3 rings (SSSR count). The van der Waals surface area contributed by atoms with Crippen LogP contribution in [0.4, 0.5) is 18.0 Å². The maximum absolute atomic E-state index is 12.9. The van der Waals surface area contributed by atoms with Gasteiger partial charge in [0.05, 0.1) is 16.7 Å². The summed E-state index contributed by atoms with van der Waals surface area (Å²) < 4.78 is 44.2. The van der Waals surface area contributed by atoms with Crippen molar-refractivity contribution in [2.24, 2.45) is 0 Å². The largest absolute Gasteiger partial charge is 0.444 e. The van der Waals surface area contributed by atoms with E-state index in [0.29, 0.717) is 11.3 Å². The number of carbonyl (C=O) groups excluding carboxylic acids is 1. The molecule has 2 aromatic rings. The number of benzene rings is 1. The lowest BCUT2D eigenvalue weighted by atomic mass is 9.68. The fourth-order valence-electron chi connectivity index (χ4n) is 3.42. The highest BCUT2D eigenvalue weighted by Gasteiger charge is 2.53. The van der Waals surface area contributed by atoms with E-state index in [-0.39, 0.29) is 13.1 Å². The molecule has 1 aliphatic heterocycles. The molecule has 0 saturated carbocycles. The van der Waals surface area contributed by atoms with E-state index >= 15 is 0 Å². The van der Waals surface area contributed by atoms with Crippen molar-refractivity contribution in [1.82, 2.24) is 9.88 Å². The SMILES string of the molecule is CC(C)(C)OC(=O)N1CC(c2ccc(C(F)(F)F)cc2)(C(O)c2ccccn2)C1. The summed E-state index contributed by atoms with van der Waals surface area (Å²) in [7, 11) is 0. The number of nitrogens with zero attached hydrogens (tertiary/aromatic N) is 2. The van der Waals surface area contributed by atoms with E-state index in [1.54, 1.807) is 39.0 Å². The Morgan fingerprint density at radius 2 is 1.76 bits per heavy atom. The number of alkyl halides is 3. The fourth-order valence-corrected chi connectivity index (χ4v) is 3.42. The van der Waals surface area contributed by atoms with Crippen molar-refractivity contribution in [2.45, 2.75) is 44.1 Å². The van der Waals surface area contributed by atoms with Crippen LogP contribution in [-0.4, -0.2) is 39.8 Å². The minimum Gasteiger partial charge on any atom is -0.444 e. The van der Waals surface area contributed by atoms with Crippen LogP contribution >= 0.6 is 0 Å². The van der Waals surface area contributed by atoms with E-state index in [4.69, 9.17) is 4.74 Å². The highest BCUT2D eigenvalue weighted by Crippen LogP contribution is 2.45. The summed E-state index contributed by atoms with van der Waals surface area (Å²) in [6.45, 7) is 5.44. The molecule has 1 N–H and O–H groups in total. The second-order valence-corrected chi connectivity index (χ2v) is 8.22. The number of hydrogen-bond acceptors (Lipinski definition) is 4. The third kappa shape index (κ3) is 4.37. The molecule has 156 valence electrons. The number of aliphatic hydroxyl groups is 1. The van der Waals surface area contributed by atoms with Crippen LogP contribution in [0.25, 0.3) is 0 Å². The van der Waals surface area contributed by atoms with Crippen molar-refractivity contribution >= 4 is 6.09 Å². The summed E-state index contributed by atoms with van der Waals surface area (Å²) >= 11 is 0. The van der Waals surface area contributed by atoms with Crippen molar-refractivity contribution in [2.75, 3.05) is 13.1 Å². The number of rotatable bonds is 3. The molecule has 1 amide bonds. The van der Waals surface area contributed by atoms with E-state index in [9.17, 15) is 23.1 Å². The molecular weight excluding hydrogens is 385 g/mol. The number of aromatic nitrogens is 1. The lowest BCUT2D eigenvalue weighted by molar-refractivity contribution is -0.137. The minimum atomic E-state index is -4.45. The van der Waals surface area contributed by atoms with Crippen LogP contribution in [0.1, 0.15) is 43.7 Å². The number of ether oxygens (including phenoxy) is 1. The van der Waals surface area contributed by atoms with Gasteiger partial charge in [0, 0.05) is 19.3 Å². The van der Waals surface area contributed by atoms with Gasteiger partial charge in [0.25, 0.3) is 0 Å². The Kier molecular flexibility index (Phi) is 5.34. The third-order valence-electron chi connectivity index (χ3n) is 4.88. The average Bonchev–Trinajstić information content (AvgIpc) is 2.59. The Morgan fingerprint density at radius 1 is 1.14 bits per heavy atom. The molecule has 1 unspecified atom stereocenters. The first-order valence-electron chi connectivity index (χ1n) is 9.17. The third-order valence-corrected chi connectivity index (χ3v) is 4.88. The first-order valence-corrected chi connectivity index (χ1v) is 9.17. The highest BCUT2D eigenvalue weighted by atomic mass is 19.4. The molecule has 5 nitrogen and oxygen atoms in total. The molecule has 1 aromatic carbocycles. The van der Waals surface area contributed by atoms with Gasteiger partial charge in [0.15, 0.2) is 0 Å². The first-order chi connectivity index (χ1) is 13.4. The van der Waals surface area contributed by atoms with Gasteiger partial charge in [0.1, 0.15) is 11.7 Å². The van der Waals surface area contributed by atoms with Gasteiger partial charge in [0.2, 0.25) is 0 Å². The standard InChI is InChI=1S/C21H23F3N2O3/c1-19(2,3)29-18(28)26-12-20(13-26,17(27)16-6-4-5-11-25-16)14-7-9-15(10-8-14)21(22,23)24/h4-11,17,27H,12-13H2,1-3H3. The summed E-state index contributed by atoms with van der Waals surface area (Å²) in [4.78, 5) is 18.0. The lowest BCUT2D eigenvalue weighted by Crippen LogP contribution is -2.64. The number of halogens is 3. The second-order valence-electron chi connectivity index (χ2n) is 8.22. The molecule has 0 radical (unpaired) electrons. The lowest BCUT2D eigenvalue weighted by Gasteiger charge is -2.52. The predicted molar refractivity (Wildman–Crippen MR) is 100 cm³/mol. The maximum atomic E-state index is 12.9. The van der Waals surface area contributed by atoms with Gasteiger partial charge in [-0.1, -0.05) is 18.2 Å². The molecular formula is C21H23F3N2O3. The Morgan fingerprint density at radius 3 is 2.24 bits per heavy atom. The quantitative estimate of drug-likeness (QED) is 0.822. The minimum absolute atomic E-state index is 0.102. The van der Waals surface area contributed by atoms with Gasteiger partial charge in [-0.25, -0.2) is 4.79 Å². The van der Waals surface area contributed by atoms with E-state index in [2.05, 4.69) is 4.98 Å². The summed E-state index contributed by atoms with van der Waals surface area (Å²) in [5.74, 6) is 0. The van der Waals surface area contributed by atoms with Crippen LogP contribution < -0.4 is 0 Å². The van der Waals surface area contributed by atoms with Crippen LogP contribution in [-0.2, 0) is 16.3 Å². The van der Waals surface area contributed by atoms with Crippen LogP contribution in [0.5, 0.6) is 0 Å². The van der Waals surface area contributed by atoms with Gasteiger partial charge in [-0.2, -0.15) is 13.2 Å². The molecule has 1 saturated heterocycles. The molecule has 1 aliphatic rings. The summed E-state index contributed by atoms with van der Waals surface area (Å²) in [6, 6.07) is 9.73. The number of aliphatic hydroxyl groups excluding tert-OH is 1. The zero-order valence-corrected chi connectivity index (χ0v) is 16.4. The van der Waals surface area contributed by atoms with E-state index in [0.717, 1.165) is 12.1 Å². The molecule has 0 spiro atoms. The van der Waals surface area contributed by atoms with Gasteiger partial charge < -0.3 is 14.7 Å². The normalized spacial score (nSPS) is 17.4. The predicted octanol–water partition coefficient (Wildman–Crippen LogP) is 4.32. The molecule has 29 heavy (non-hydrogen) atoms. The Bertz CT molecular complexity index is 855. The topological polar surface area (TPSA) is 62.7 Å². The maximum Gasteiger partial charge on any atom is 0.416 e. The smallest absolute Gasteiger partial charge is 0.416 e. The molecule has 0 bridgehead atoms. The fraction of sp³-hybridized carbons (Fsp3) is 0.429. The number of carbonyl (C=O) groups is 1. The summed E-state index contributed by atoms with van der Waals surface area (Å²) in [5.41, 5.74) is -1.54. The van der Waals surface area contributed by atoms with Crippen molar-refractivity contribution in [1.29, 1.82) is 0 Å². The van der Waals surface area contributed by atoms with Crippen LogP contribution in [0.3, 0.4) is 0 Å². The Hall–Kier alpha value is -2.61. The second kappa shape index (κ2) is 7.33. The number of amides is 1. The van der Waals surface area contributed by atoms with Crippen LogP contribution in [0.2, 0.25) is 0 Å². The molecule has 1 fully saturated rings. The molecule has 2 heterocycles. The number of hydrogen-bond donors (Lipinski definition) is 1. The first kappa shape index (κ1) is 21.1. The molecule has 8 heteroatoms. The summed E-state index contributed by atoms with van der Waals surface area (Å²) in [5, 5.41) is 11.0. The van der Waals surface area contributed by atoms with Crippen molar-refractivity contribution in [3.8, 4) is 0 Å². The number of pyridine rings is 1. The Labute approximate surface area is 167 Å². The van der Waals surface area contributed by atoms with Crippen LogP contribution in [0.15, 0.2) is 48.7 Å². The highest BCUT2D eigenvalue weighted by molar-refractivity contribution is 5.70. The molecule has 1 aromatic heterocycles. The van der Waals surface area contributed by atoms with E-state index in [1.165, 1.54) is 23.2 Å². The molecule has 1 atom stereocenters. The zero-order valence-electron chi connectivity index (χ0n) is 16.4. The van der Waals surface area contributed by atoms with Crippen molar-refractivity contribution in [3.05, 3.63) is 65.5 Å². The van der Waals surface area contributed by atoms with E-state index < -0.39 is 35.0 Å². The monoisotopic (exact) mass is 408 g/mol. The van der Waals surface area contributed by atoms with Gasteiger partial charge in [-0.05, 0) is 50.6 Å². The van der Waals surface area contributed by atoms with Crippen molar-refractivity contribution < 1.29 is 27.8 Å². The summed E-state index contributed by atoms with van der Waals surface area (Å²) in [6.07, 6.45) is -4.55. The van der Waals surface area contributed by atoms with Gasteiger partial charge in [-0.15, -0.1) is 0 Å². The zero-order chi connectivity index (χ0) is 21.4.